The summed E-state index contributed by atoms with van der Waals surface area (Å²) in [5.41, 5.74) is -0.551. The van der Waals surface area contributed by atoms with Crippen LogP contribution < -0.4 is 5.32 Å². The lowest BCUT2D eigenvalue weighted by Crippen LogP contribution is -2.43. The number of hydrogen-bond donors (Lipinski definition) is 1. The lowest BCUT2D eigenvalue weighted by molar-refractivity contribution is -0.149. The van der Waals surface area contributed by atoms with Crippen LogP contribution in [0.1, 0.15) is 62.6 Å². The van der Waals surface area contributed by atoms with Gasteiger partial charge in [-0.05, 0) is 38.5 Å². The van der Waals surface area contributed by atoms with E-state index in [0.717, 1.165) is 44.3 Å². The molecule has 1 aromatic heterocycles. The average molecular weight is 319 g/mol. The number of ether oxygens (including phenoxy) is 1. The molecule has 124 valence electrons. The van der Waals surface area contributed by atoms with Crippen molar-refractivity contribution in [2.75, 3.05) is 6.54 Å². The highest BCUT2D eigenvalue weighted by molar-refractivity contribution is 5.87. The quantitative estimate of drug-likeness (QED) is 0.826. The highest BCUT2D eigenvalue weighted by atomic mass is 16.6. The summed E-state index contributed by atoms with van der Waals surface area (Å²) in [7, 11) is 0. The summed E-state index contributed by atoms with van der Waals surface area (Å²) in [6.07, 6.45) is 6.60. The van der Waals surface area contributed by atoms with Crippen molar-refractivity contribution in [3.63, 3.8) is 0 Å². The Labute approximate surface area is 134 Å². The summed E-state index contributed by atoms with van der Waals surface area (Å²) in [5, 5.41) is 6.86. The third-order valence-corrected chi connectivity index (χ3v) is 5.15. The molecule has 0 unspecified atom stereocenters. The van der Waals surface area contributed by atoms with Gasteiger partial charge in [-0.1, -0.05) is 5.16 Å². The third-order valence-electron chi connectivity index (χ3n) is 5.15. The molecule has 1 aromatic rings. The van der Waals surface area contributed by atoms with E-state index in [1.54, 1.807) is 0 Å². The monoisotopic (exact) mass is 319 g/mol. The van der Waals surface area contributed by atoms with Gasteiger partial charge < -0.3 is 14.6 Å². The number of nitrogens with zero attached hydrogens (tertiary/aromatic N) is 2. The second-order valence-corrected chi connectivity index (χ2v) is 6.86. The molecule has 3 aliphatic rings. The summed E-state index contributed by atoms with van der Waals surface area (Å²) in [5.74, 6) is 1.10. The molecule has 3 fully saturated rings. The van der Waals surface area contributed by atoms with E-state index < -0.39 is 5.60 Å². The van der Waals surface area contributed by atoms with Gasteiger partial charge in [0.2, 0.25) is 11.8 Å². The Morgan fingerprint density at radius 1 is 1.30 bits per heavy atom. The molecule has 1 amide bonds. The average Bonchev–Trinajstić information content (AvgIpc) is 2.96. The molecule has 1 saturated heterocycles. The topological polar surface area (TPSA) is 94.3 Å². The smallest absolute Gasteiger partial charge is 0.307 e. The summed E-state index contributed by atoms with van der Waals surface area (Å²) in [4.78, 5) is 28.4. The molecule has 23 heavy (non-hydrogen) atoms. The summed E-state index contributed by atoms with van der Waals surface area (Å²) in [6, 6.07) is 0. The predicted octanol–water partition coefficient (Wildman–Crippen LogP) is 1.48. The number of nitrogens with one attached hydrogen (secondary N) is 1. The number of amides is 1. The molecular weight excluding hydrogens is 298 g/mol. The minimum Gasteiger partial charge on any atom is -0.458 e. The minimum absolute atomic E-state index is 0.0975. The molecule has 4 rings (SSSR count). The molecule has 7 heteroatoms. The van der Waals surface area contributed by atoms with Gasteiger partial charge in [0.15, 0.2) is 5.82 Å². The predicted molar refractivity (Wildman–Crippen MR) is 78.4 cm³/mol. The largest absolute Gasteiger partial charge is 0.458 e. The highest BCUT2D eigenvalue weighted by Crippen LogP contribution is 2.45. The van der Waals surface area contributed by atoms with Crippen LogP contribution in [0.2, 0.25) is 0 Å². The molecule has 1 N–H and O–H groups in total. The van der Waals surface area contributed by atoms with Crippen molar-refractivity contribution in [2.45, 2.75) is 62.9 Å². The lowest BCUT2D eigenvalue weighted by atomic mass is 9.85. The summed E-state index contributed by atoms with van der Waals surface area (Å²) >= 11 is 0. The molecule has 2 aliphatic carbocycles. The fraction of sp³-hybridized carbons (Fsp3) is 0.750. The van der Waals surface area contributed by atoms with Gasteiger partial charge in [-0.3, -0.25) is 9.59 Å². The second-order valence-electron chi connectivity index (χ2n) is 6.86. The van der Waals surface area contributed by atoms with E-state index in [2.05, 4.69) is 15.5 Å². The standard InChI is InChI=1S/C16H21N3O4/c20-13-9-11(16(22-13)6-1-2-7-16)15(21)17-8-5-12-18-14(19-23-12)10-3-4-10/h10-11H,1-9H2,(H,17,21)/t11-/m1/s1. The molecule has 0 bridgehead atoms. The third kappa shape index (κ3) is 2.84. The van der Waals surface area contributed by atoms with Crippen molar-refractivity contribution in [3.8, 4) is 0 Å². The molecule has 0 radical (unpaired) electrons. The van der Waals surface area contributed by atoms with Gasteiger partial charge in [0.1, 0.15) is 5.60 Å². The molecule has 1 aliphatic heterocycles. The van der Waals surface area contributed by atoms with Gasteiger partial charge >= 0.3 is 5.97 Å². The van der Waals surface area contributed by atoms with Gasteiger partial charge in [0, 0.05) is 18.9 Å². The number of carbonyl (C=O) groups is 2. The first-order valence-corrected chi connectivity index (χ1v) is 8.48. The van der Waals surface area contributed by atoms with Crippen molar-refractivity contribution in [1.82, 2.24) is 15.5 Å². The fourth-order valence-electron chi connectivity index (χ4n) is 3.74. The number of esters is 1. The number of carbonyl (C=O) groups excluding carboxylic acids is 2. The zero-order valence-corrected chi connectivity index (χ0v) is 13.0. The molecule has 2 saturated carbocycles. The second kappa shape index (κ2) is 5.62. The zero-order chi connectivity index (χ0) is 15.9. The van der Waals surface area contributed by atoms with Crippen LogP contribution in [0.25, 0.3) is 0 Å². The van der Waals surface area contributed by atoms with Crippen LogP contribution in [0.3, 0.4) is 0 Å². The van der Waals surface area contributed by atoms with E-state index in [9.17, 15) is 9.59 Å². The van der Waals surface area contributed by atoms with Crippen LogP contribution in [0, 0.1) is 5.92 Å². The van der Waals surface area contributed by atoms with E-state index in [1.165, 1.54) is 0 Å². The Morgan fingerprint density at radius 3 is 2.83 bits per heavy atom. The summed E-state index contributed by atoms with van der Waals surface area (Å²) < 4.78 is 10.7. The van der Waals surface area contributed by atoms with E-state index in [4.69, 9.17) is 9.26 Å². The Morgan fingerprint density at radius 2 is 2.09 bits per heavy atom. The van der Waals surface area contributed by atoms with Crippen LogP contribution in [-0.4, -0.2) is 34.2 Å². The Hall–Kier alpha value is -1.92. The molecular formula is C16H21N3O4. The van der Waals surface area contributed by atoms with Gasteiger partial charge in [-0.15, -0.1) is 0 Å². The first-order valence-electron chi connectivity index (χ1n) is 8.48. The van der Waals surface area contributed by atoms with Crippen molar-refractivity contribution in [1.29, 1.82) is 0 Å². The minimum atomic E-state index is -0.551. The first kappa shape index (κ1) is 14.7. The van der Waals surface area contributed by atoms with E-state index in [1.807, 2.05) is 0 Å². The number of rotatable bonds is 5. The van der Waals surface area contributed by atoms with Crippen LogP contribution >= 0.6 is 0 Å². The Kier molecular flexibility index (Phi) is 3.58. The molecule has 0 aromatic carbocycles. The zero-order valence-electron chi connectivity index (χ0n) is 13.0. The fourth-order valence-corrected chi connectivity index (χ4v) is 3.74. The Balaban J connectivity index is 1.31. The van der Waals surface area contributed by atoms with Gasteiger partial charge in [-0.25, -0.2) is 0 Å². The summed E-state index contributed by atoms with van der Waals surface area (Å²) in [6.45, 7) is 0.436. The van der Waals surface area contributed by atoms with Crippen LogP contribution in [-0.2, 0) is 20.7 Å². The van der Waals surface area contributed by atoms with Crippen LogP contribution in [0.4, 0.5) is 0 Å². The first-order chi connectivity index (χ1) is 11.2. The van der Waals surface area contributed by atoms with E-state index >= 15 is 0 Å². The molecule has 1 spiro atoms. The Bertz CT molecular complexity index is 617. The van der Waals surface area contributed by atoms with Crippen molar-refractivity contribution in [2.24, 2.45) is 5.92 Å². The molecule has 7 nitrogen and oxygen atoms in total. The van der Waals surface area contributed by atoms with Crippen molar-refractivity contribution >= 4 is 11.9 Å². The van der Waals surface area contributed by atoms with Gasteiger partial charge in [0.05, 0.1) is 12.3 Å². The van der Waals surface area contributed by atoms with Gasteiger partial charge in [-0.2, -0.15) is 4.98 Å². The number of aromatic nitrogens is 2. The maximum atomic E-state index is 12.5. The number of hydrogen-bond acceptors (Lipinski definition) is 6. The van der Waals surface area contributed by atoms with Gasteiger partial charge in [0.25, 0.3) is 0 Å². The van der Waals surface area contributed by atoms with E-state index in [-0.39, 0.29) is 24.2 Å². The maximum absolute atomic E-state index is 12.5. The van der Waals surface area contributed by atoms with Crippen LogP contribution in [0.5, 0.6) is 0 Å². The van der Waals surface area contributed by atoms with Crippen LogP contribution in [0.15, 0.2) is 4.52 Å². The molecule has 1 atom stereocenters. The van der Waals surface area contributed by atoms with Crippen molar-refractivity contribution < 1.29 is 18.8 Å². The van der Waals surface area contributed by atoms with Crippen molar-refractivity contribution in [3.05, 3.63) is 11.7 Å². The lowest BCUT2D eigenvalue weighted by Gasteiger charge is -2.27. The SMILES string of the molecule is O=C1C[C@H](C(=O)NCCc2nc(C3CC3)no2)C2(CCCC2)O1. The maximum Gasteiger partial charge on any atom is 0.307 e. The molecule has 2 heterocycles. The highest BCUT2D eigenvalue weighted by Gasteiger charge is 2.53. The van der Waals surface area contributed by atoms with E-state index in [0.29, 0.717) is 24.8 Å². The normalized spacial score (nSPS) is 25.7.